The fourth-order valence-corrected chi connectivity index (χ4v) is 1.51. The summed E-state index contributed by atoms with van der Waals surface area (Å²) in [5.74, 6) is -0.0665. The summed E-state index contributed by atoms with van der Waals surface area (Å²) in [7, 11) is 0. The molecule has 84 valence electrons. The zero-order valence-corrected chi connectivity index (χ0v) is 10.4. The second-order valence-corrected chi connectivity index (χ2v) is 4.24. The fourth-order valence-electron chi connectivity index (χ4n) is 0.995. The van der Waals surface area contributed by atoms with Crippen LogP contribution < -0.4 is 5.43 Å². The number of aromatic nitrogens is 4. The number of hydrogen-bond acceptors (Lipinski definition) is 3. The Morgan fingerprint density at radius 1 is 1.25 bits per heavy atom. The Bertz CT molecular complexity index is 585. The molecule has 0 fully saturated rings. The van der Waals surface area contributed by atoms with E-state index in [1.807, 2.05) is 0 Å². The number of hydrogen-bond donors (Lipinski definition) is 1. The van der Waals surface area contributed by atoms with Crippen LogP contribution in [-0.2, 0) is 0 Å². The van der Waals surface area contributed by atoms with Crippen molar-refractivity contribution in [3.05, 3.63) is 36.8 Å². The van der Waals surface area contributed by atoms with Gasteiger partial charge in [0.05, 0.1) is 11.2 Å². The SMILES string of the molecule is O=c1c(-n2cc(Cl)c(Cl)n2)n[nH]c(Cl)c1Cl. The van der Waals surface area contributed by atoms with Crippen LogP contribution in [0.15, 0.2) is 11.0 Å². The normalized spacial score (nSPS) is 10.8. The molecule has 0 atom stereocenters. The molecule has 2 aromatic rings. The van der Waals surface area contributed by atoms with Gasteiger partial charge in [-0.2, -0.15) is 10.2 Å². The van der Waals surface area contributed by atoms with Gasteiger partial charge in [0, 0.05) is 0 Å². The molecule has 0 aromatic carbocycles. The summed E-state index contributed by atoms with van der Waals surface area (Å²) in [6.45, 7) is 0. The molecule has 0 aliphatic rings. The van der Waals surface area contributed by atoms with Gasteiger partial charge in [-0.15, -0.1) is 0 Å². The van der Waals surface area contributed by atoms with Crippen molar-refractivity contribution in [3.8, 4) is 5.82 Å². The lowest BCUT2D eigenvalue weighted by molar-refractivity contribution is 0.805. The number of rotatable bonds is 1. The summed E-state index contributed by atoms with van der Waals surface area (Å²) in [4.78, 5) is 11.7. The maximum atomic E-state index is 11.7. The van der Waals surface area contributed by atoms with Crippen molar-refractivity contribution in [1.29, 1.82) is 0 Å². The topological polar surface area (TPSA) is 63.6 Å². The quantitative estimate of drug-likeness (QED) is 0.880. The number of nitrogens with one attached hydrogen (secondary N) is 1. The van der Waals surface area contributed by atoms with Crippen molar-refractivity contribution in [1.82, 2.24) is 20.0 Å². The zero-order chi connectivity index (χ0) is 11.9. The van der Waals surface area contributed by atoms with Crippen molar-refractivity contribution in [2.24, 2.45) is 0 Å². The summed E-state index contributed by atoms with van der Waals surface area (Å²) in [5.41, 5.74) is -0.568. The molecule has 2 heterocycles. The van der Waals surface area contributed by atoms with Crippen LogP contribution in [0.25, 0.3) is 5.82 Å². The van der Waals surface area contributed by atoms with Crippen LogP contribution in [0.3, 0.4) is 0 Å². The van der Waals surface area contributed by atoms with Crippen LogP contribution in [0.4, 0.5) is 0 Å². The molecule has 0 radical (unpaired) electrons. The van der Waals surface area contributed by atoms with Crippen LogP contribution >= 0.6 is 46.4 Å². The second-order valence-electron chi connectivity index (χ2n) is 2.72. The second kappa shape index (κ2) is 4.25. The molecular weight excluding hydrogens is 298 g/mol. The highest BCUT2D eigenvalue weighted by Crippen LogP contribution is 2.20. The first-order valence-corrected chi connectivity index (χ1v) is 5.36. The van der Waals surface area contributed by atoms with E-state index in [1.165, 1.54) is 6.20 Å². The van der Waals surface area contributed by atoms with Crippen molar-refractivity contribution in [2.45, 2.75) is 0 Å². The molecule has 0 aliphatic heterocycles. The Hall–Kier alpha value is -0.750. The van der Waals surface area contributed by atoms with E-state index in [2.05, 4.69) is 15.3 Å². The molecular formula is C7H2Cl4N4O. The minimum Gasteiger partial charge on any atom is -0.284 e. The van der Waals surface area contributed by atoms with Gasteiger partial charge in [0.2, 0.25) is 11.2 Å². The Labute approximate surface area is 109 Å². The average Bonchev–Trinajstić information content (AvgIpc) is 2.56. The molecule has 0 aliphatic carbocycles. The first-order valence-electron chi connectivity index (χ1n) is 3.85. The van der Waals surface area contributed by atoms with E-state index in [4.69, 9.17) is 46.4 Å². The maximum absolute atomic E-state index is 11.7. The molecule has 16 heavy (non-hydrogen) atoms. The van der Waals surface area contributed by atoms with E-state index in [-0.39, 0.29) is 26.2 Å². The predicted octanol–water partition coefficient (Wildman–Crippen LogP) is 2.57. The van der Waals surface area contributed by atoms with Gasteiger partial charge in [-0.1, -0.05) is 46.4 Å². The first-order chi connectivity index (χ1) is 7.50. The lowest BCUT2D eigenvalue weighted by atomic mass is 10.5. The summed E-state index contributed by atoms with van der Waals surface area (Å²) in [5, 5.41) is 9.90. The van der Waals surface area contributed by atoms with Gasteiger partial charge in [-0.25, -0.2) is 4.68 Å². The van der Waals surface area contributed by atoms with E-state index < -0.39 is 5.43 Å². The average molecular weight is 300 g/mol. The molecule has 0 saturated heterocycles. The Morgan fingerprint density at radius 2 is 1.94 bits per heavy atom. The largest absolute Gasteiger partial charge is 0.284 e. The first kappa shape index (κ1) is 11.7. The maximum Gasteiger partial charge on any atom is 0.246 e. The molecule has 9 heteroatoms. The van der Waals surface area contributed by atoms with Gasteiger partial charge in [0.1, 0.15) is 10.2 Å². The monoisotopic (exact) mass is 298 g/mol. The standard InChI is InChI=1S/C7H2Cl4N4O/c8-2-1-15(14-5(2)10)7-4(16)3(9)6(11)12-13-7/h1H,(H,12,16). The van der Waals surface area contributed by atoms with Gasteiger partial charge in [0.25, 0.3) is 0 Å². The third-order valence-electron chi connectivity index (χ3n) is 1.70. The van der Waals surface area contributed by atoms with Crippen molar-refractivity contribution in [3.63, 3.8) is 0 Å². The summed E-state index contributed by atoms with van der Waals surface area (Å²) < 4.78 is 1.12. The lowest BCUT2D eigenvalue weighted by Crippen LogP contribution is -2.16. The van der Waals surface area contributed by atoms with Crippen molar-refractivity contribution < 1.29 is 0 Å². The minimum atomic E-state index is -0.568. The van der Waals surface area contributed by atoms with E-state index in [0.717, 1.165) is 4.68 Å². The third kappa shape index (κ3) is 1.91. The molecule has 0 spiro atoms. The highest BCUT2D eigenvalue weighted by molar-refractivity contribution is 6.41. The molecule has 0 saturated carbocycles. The molecule has 0 amide bonds. The summed E-state index contributed by atoms with van der Waals surface area (Å²) >= 11 is 22.6. The molecule has 2 aromatic heterocycles. The van der Waals surface area contributed by atoms with E-state index in [9.17, 15) is 4.79 Å². The van der Waals surface area contributed by atoms with Gasteiger partial charge in [0.15, 0.2) is 5.15 Å². The van der Waals surface area contributed by atoms with Crippen molar-refractivity contribution in [2.75, 3.05) is 0 Å². The minimum absolute atomic E-state index is 0.0419. The molecule has 5 nitrogen and oxygen atoms in total. The lowest BCUT2D eigenvalue weighted by Gasteiger charge is -2.00. The molecule has 2 rings (SSSR count). The smallest absolute Gasteiger partial charge is 0.246 e. The zero-order valence-electron chi connectivity index (χ0n) is 7.34. The summed E-state index contributed by atoms with van der Waals surface area (Å²) in [6, 6.07) is 0. The molecule has 0 unspecified atom stereocenters. The van der Waals surface area contributed by atoms with Crippen LogP contribution in [0, 0.1) is 0 Å². The highest BCUT2D eigenvalue weighted by atomic mass is 35.5. The number of halogens is 4. The van der Waals surface area contributed by atoms with Crippen molar-refractivity contribution >= 4 is 46.4 Å². The molecule has 0 bridgehead atoms. The van der Waals surface area contributed by atoms with Gasteiger partial charge < -0.3 is 0 Å². The Balaban J connectivity index is 2.66. The van der Waals surface area contributed by atoms with E-state index in [1.54, 1.807) is 0 Å². The molecule has 1 N–H and O–H groups in total. The van der Waals surface area contributed by atoms with Gasteiger partial charge in [-0.3, -0.25) is 9.89 Å². The van der Waals surface area contributed by atoms with Crippen LogP contribution in [-0.4, -0.2) is 20.0 Å². The Morgan fingerprint density at radius 3 is 2.50 bits per heavy atom. The number of nitrogens with zero attached hydrogens (tertiary/aromatic N) is 3. The van der Waals surface area contributed by atoms with Crippen LogP contribution in [0.2, 0.25) is 20.4 Å². The Kier molecular flexibility index (Phi) is 3.12. The van der Waals surface area contributed by atoms with Crippen LogP contribution in [0.1, 0.15) is 0 Å². The van der Waals surface area contributed by atoms with Gasteiger partial charge >= 0.3 is 0 Å². The van der Waals surface area contributed by atoms with Gasteiger partial charge in [-0.05, 0) is 0 Å². The summed E-state index contributed by atoms with van der Waals surface area (Å²) in [6.07, 6.45) is 1.34. The fraction of sp³-hybridized carbons (Fsp3) is 0. The van der Waals surface area contributed by atoms with E-state index in [0.29, 0.717) is 0 Å². The third-order valence-corrected chi connectivity index (χ3v) is 3.08. The number of H-pyrrole nitrogens is 1. The van der Waals surface area contributed by atoms with Crippen LogP contribution in [0.5, 0.6) is 0 Å². The number of aromatic amines is 1. The van der Waals surface area contributed by atoms with E-state index >= 15 is 0 Å². The highest BCUT2D eigenvalue weighted by Gasteiger charge is 2.14. The predicted molar refractivity (Wildman–Crippen MR) is 62.0 cm³/mol.